The van der Waals surface area contributed by atoms with Crippen LogP contribution in [0.4, 0.5) is 0 Å². The van der Waals surface area contributed by atoms with Crippen LogP contribution >= 0.6 is 0 Å². The summed E-state index contributed by atoms with van der Waals surface area (Å²) in [4.78, 5) is 49.1. The van der Waals surface area contributed by atoms with Crippen molar-refractivity contribution in [3.63, 3.8) is 0 Å². The van der Waals surface area contributed by atoms with Gasteiger partial charge in [0.1, 0.15) is 0 Å². The van der Waals surface area contributed by atoms with E-state index in [1.807, 2.05) is 158 Å². The van der Waals surface area contributed by atoms with Gasteiger partial charge in [0.2, 0.25) is 0 Å². The Kier molecular flexibility index (Phi) is 9.67. The molecule has 282 valence electrons. The Labute approximate surface area is 345 Å². The number of nitrogens with zero attached hydrogens (tertiary/aromatic N) is 10. The fourth-order valence-corrected chi connectivity index (χ4v) is 7.04. The summed E-state index contributed by atoms with van der Waals surface area (Å²) in [5.41, 5.74) is 13.2. The molecule has 10 heteroatoms. The largest absolute Gasteiger partial charge is 0.256 e. The Morgan fingerprint density at radius 1 is 0.217 bits per heavy atom. The normalized spacial score (nSPS) is 11.0. The lowest BCUT2D eigenvalue weighted by Gasteiger charge is -2.15. The summed E-state index contributed by atoms with van der Waals surface area (Å²) in [6.07, 6.45) is 10.6. The van der Waals surface area contributed by atoms with Gasteiger partial charge in [-0.2, -0.15) is 0 Å². The number of aromatic nitrogens is 10. The minimum absolute atomic E-state index is 0.622. The summed E-state index contributed by atoms with van der Waals surface area (Å²) in [5, 5.41) is 0. The summed E-state index contributed by atoms with van der Waals surface area (Å²) < 4.78 is 0. The minimum atomic E-state index is 0.622. The molecule has 0 atom stereocenters. The van der Waals surface area contributed by atoms with Crippen LogP contribution in [0.5, 0.6) is 0 Å². The second-order valence-corrected chi connectivity index (χ2v) is 13.7. The molecule has 0 aliphatic rings. The molecule has 0 amide bonds. The van der Waals surface area contributed by atoms with Gasteiger partial charge in [0.05, 0.1) is 79.7 Å². The minimum Gasteiger partial charge on any atom is -0.256 e. The first-order valence-corrected chi connectivity index (χ1v) is 19.3. The van der Waals surface area contributed by atoms with Crippen molar-refractivity contribution in [2.24, 2.45) is 0 Å². The van der Waals surface area contributed by atoms with E-state index < -0.39 is 0 Å². The van der Waals surface area contributed by atoms with Gasteiger partial charge in [0.15, 0.2) is 0 Å². The van der Waals surface area contributed by atoms with E-state index in [0.717, 1.165) is 56.4 Å². The highest BCUT2D eigenvalue weighted by atomic mass is 14.9. The van der Waals surface area contributed by atoms with Gasteiger partial charge < -0.3 is 0 Å². The summed E-state index contributed by atoms with van der Waals surface area (Å²) in [6.45, 7) is 0. The molecule has 10 aromatic heterocycles. The van der Waals surface area contributed by atoms with Crippen LogP contribution in [-0.2, 0) is 0 Å². The fourth-order valence-electron chi connectivity index (χ4n) is 7.04. The van der Waals surface area contributed by atoms with Crippen molar-refractivity contribution < 1.29 is 0 Å². The molecular formula is C50H32N10. The highest BCUT2D eigenvalue weighted by molar-refractivity contribution is 5.84. The average molecular weight is 773 g/mol. The molecule has 10 nitrogen and oxygen atoms in total. The number of hydrogen-bond donors (Lipinski definition) is 0. The molecule has 0 aliphatic carbocycles. The smallest absolute Gasteiger partial charge is 0.0988 e. The van der Waals surface area contributed by atoms with Crippen molar-refractivity contribution in [2.75, 3.05) is 0 Å². The number of rotatable bonds is 9. The van der Waals surface area contributed by atoms with Crippen LogP contribution in [0.3, 0.4) is 0 Å². The van der Waals surface area contributed by atoms with Crippen LogP contribution in [0.1, 0.15) is 0 Å². The topological polar surface area (TPSA) is 129 Å². The Hall–Kier alpha value is -8.50. The average Bonchev–Trinajstić information content (AvgIpc) is 3.35. The lowest BCUT2D eigenvalue weighted by molar-refractivity contribution is 1.19. The summed E-state index contributed by atoms with van der Waals surface area (Å²) in [6, 6.07) is 51.0. The van der Waals surface area contributed by atoms with E-state index in [4.69, 9.17) is 34.9 Å². The zero-order valence-electron chi connectivity index (χ0n) is 31.9. The van der Waals surface area contributed by atoms with Crippen LogP contribution in [0.2, 0.25) is 0 Å². The maximum atomic E-state index is 5.29. The van der Waals surface area contributed by atoms with Crippen LogP contribution < -0.4 is 0 Å². The Morgan fingerprint density at radius 3 is 0.833 bits per heavy atom. The van der Waals surface area contributed by atoms with Crippen LogP contribution in [0.15, 0.2) is 195 Å². The van der Waals surface area contributed by atoms with Crippen molar-refractivity contribution >= 4 is 0 Å². The molecule has 0 radical (unpaired) electrons. The van der Waals surface area contributed by atoms with Crippen molar-refractivity contribution in [2.45, 2.75) is 0 Å². The molecule has 60 heavy (non-hydrogen) atoms. The van der Waals surface area contributed by atoms with Crippen LogP contribution in [0.25, 0.3) is 102 Å². The maximum Gasteiger partial charge on any atom is 0.0988 e. The molecular weight excluding hydrogens is 741 g/mol. The van der Waals surface area contributed by atoms with Gasteiger partial charge in [-0.05, 0) is 121 Å². The van der Waals surface area contributed by atoms with Crippen molar-refractivity contribution in [1.82, 2.24) is 49.8 Å². The van der Waals surface area contributed by atoms with Crippen molar-refractivity contribution in [1.29, 1.82) is 0 Å². The van der Waals surface area contributed by atoms with Gasteiger partial charge in [-0.1, -0.05) is 36.4 Å². The van der Waals surface area contributed by atoms with Gasteiger partial charge in [-0.3, -0.25) is 29.9 Å². The maximum absolute atomic E-state index is 5.29. The van der Waals surface area contributed by atoms with Gasteiger partial charge in [0.25, 0.3) is 0 Å². The standard InChI is InChI=1S/C50H32N10/c1-7-25-51-38(13-1)34-19-22-37(58-48(34)43-16-4-10-28-54-43)33-31-46(41-23-20-35(39-14-2-8-26-52-39)49(59-41)44-17-5-11-29-55-44)57-47(32-33)42-24-21-36(40-15-3-9-27-53-40)50(60-42)45-18-6-12-30-56-45/h1-32H. The van der Waals surface area contributed by atoms with Gasteiger partial charge in [-0.15, -0.1) is 0 Å². The second-order valence-electron chi connectivity index (χ2n) is 13.7. The van der Waals surface area contributed by atoms with E-state index >= 15 is 0 Å². The van der Waals surface area contributed by atoms with Gasteiger partial charge >= 0.3 is 0 Å². The highest BCUT2D eigenvalue weighted by Crippen LogP contribution is 2.37. The Bertz CT molecular complexity index is 2720. The third kappa shape index (κ3) is 7.28. The summed E-state index contributed by atoms with van der Waals surface area (Å²) in [7, 11) is 0. The molecule has 0 bridgehead atoms. The Balaban J connectivity index is 1.19. The van der Waals surface area contributed by atoms with E-state index in [-0.39, 0.29) is 0 Å². The van der Waals surface area contributed by atoms with Crippen LogP contribution in [-0.4, -0.2) is 49.8 Å². The molecule has 10 aromatic rings. The molecule has 0 aromatic carbocycles. The zero-order valence-corrected chi connectivity index (χ0v) is 31.9. The zero-order chi connectivity index (χ0) is 40.1. The van der Waals surface area contributed by atoms with Gasteiger partial charge in [-0.25, -0.2) is 19.9 Å². The quantitative estimate of drug-likeness (QED) is 0.140. The molecule has 0 saturated heterocycles. The predicted octanol–water partition coefficient (Wildman–Crippen LogP) is 10.6. The monoisotopic (exact) mass is 772 g/mol. The van der Waals surface area contributed by atoms with E-state index in [1.165, 1.54) is 0 Å². The lowest BCUT2D eigenvalue weighted by atomic mass is 10.0. The SMILES string of the molecule is c1ccc(-c2ccc(-c3cc(-c4ccc(-c5ccccn5)c(-c5ccccn5)n4)nc(-c4ccc(-c5ccccn5)c(-c5ccccn5)n4)c3)nc2-c2ccccn2)nc1. The molecule has 0 fully saturated rings. The third-order valence-corrected chi connectivity index (χ3v) is 9.88. The first kappa shape index (κ1) is 35.9. The first-order valence-electron chi connectivity index (χ1n) is 19.3. The second kappa shape index (κ2) is 16.2. The highest BCUT2D eigenvalue weighted by Gasteiger charge is 2.20. The van der Waals surface area contributed by atoms with Crippen molar-refractivity contribution in [3.8, 4) is 102 Å². The molecule has 0 aliphatic heterocycles. The Morgan fingerprint density at radius 2 is 0.517 bits per heavy atom. The van der Waals surface area contributed by atoms with E-state index in [1.54, 1.807) is 37.2 Å². The summed E-state index contributed by atoms with van der Waals surface area (Å²) in [5.74, 6) is 0. The number of pyridine rings is 10. The van der Waals surface area contributed by atoms with Crippen molar-refractivity contribution in [3.05, 3.63) is 195 Å². The molecule has 0 saturated carbocycles. The van der Waals surface area contributed by atoms with E-state index in [9.17, 15) is 0 Å². The van der Waals surface area contributed by atoms with Gasteiger partial charge in [0, 0.05) is 59.4 Å². The first-order chi connectivity index (χ1) is 29.7. The molecule has 0 unspecified atom stereocenters. The van der Waals surface area contributed by atoms with Crippen LogP contribution in [0, 0.1) is 0 Å². The molecule has 10 heterocycles. The van der Waals surface area contributed by atoms with E-state index in [0.29, 0.717) is 45.6 Å². The third-order valence-electron chi connectivity index (χ3n) is 9.88. The van der Waals surface area contributed by atoms with E-state index in [2.05, 4.69) is 15.0 Å². The fraction of sp³-hybridized carbons (Fsp3) is 0. The lowest BCUT2D eigenvalue weighted by Crippen LogP contribution is -2.00. The molecule has 0 spiro atoms. The predicted molar refractivity (Wildman–Crippen MR) is 233 cm³/mol. The summed E-state index contributed by atoms with van der Waals surface area (Å²) >= 11 is 0. The molecule has 10 rings (SSSR count). The molecule has 0 N–H and O–H groups in total. The number of hydrogen-bond acceptors (Lipinski definition) is 10.